The van der Waals surface area contributed by atoms with Crippen LogP contribution in [-0.4, -0.2) is 19.7 Å². The third kappa shape index (κ3) is 3.29. The van der Waals surface area contributed by atoms with Gasteiger partial charge in [0, 0.05) is 12.3 Å². The van der Waals surface area contributed by atoms with Gasteiger partial charge in [0.1, 0.15) is 5.75 Å². The predicted molar refractivity (Wildman–Crippen MR) is 80.2 cm³/mol. The van der Waals surface area contributed by atoms with Crippen molar-refractivity contribution in [3.05, 3.63) is 42.0 Å². The zero-order chi connectivity index (χ0) is 14.5. The molecule has 0 amide bonds. The van der Waals surface area contributed by atoms with E-state index in [0.29, 0.717) is 13.0 Å². The lowest BCUT2D eigenvalue weighted by molar-refractivity contribution is -0.143. The summed E-state index contributed by atoms with van der Waals surface area (Å²) in [4.78, 5) is 11.2. The maximum atomic E-state index is 11.2. The van der Waals surface area contributed by atoms with Crippen LogP contribution in [0.5, 0.6) is 5.75 Å². The minimum atomic E-state index is -0.151. The summed E-state index contributed by atoms with van der Waals surface area (Å²) >= 11 is 0. The van der Waals surface area contributed by atoms with Crippen LogP contribution in [0, 0.1) is 0 Å². The normalized spacial score (nSPS) is 12.2. The number of hydrogen-bond acceptors (Lipinski definition) is 3. The lowest BCUT2D eigenvalue weighted by Gasteiger charge is -2.13. The quantitative estimate of drug-likeness (QED) is 0.774. The van der Waals surface area contributed by atoms with Crippen molar-refractivity contribution in [2.75, 3.05) is 13.7 Å². The molecule has 3 heteroatoms. The molecule has 0 bridgehead atoms. The van der Waals surface area contributed by atoms with E-state index in [2.05, 4.69) is 25.1 Å². The van der Waals surface area contributed by atoms with Crippen LogP contribution in [0.3, 0.4) is 0 Å². The average Bonchev–Trinajstić information content (AvgIpc) is 2.50. The van der Waals surface area contributed by atoms with Crippen molar-refractivity contribution in [3.8, 4) is 5.75 Å². The Bertz CT molecular complexity index is 604. The molecule has 0 aliphatic rings. The Morgan fingerprint density at radius 2 is 1.85 bits per heavy atom. The predicted octanol–water partition coefficient (Wildman–Crippen LogP) is 3.91. The van der Waals surface area contributed by atoms with Crippen LogP contribution in [0.15, 0.2) is 36.4 Å². The van der Waals surface area contributed by atoms with Crippen molar-refractivity contribution < 1.29 is 14.3 Å². The van der Waals surface area contributed by atoms with Gasteiger partial charge in [0.05, 0.1) is 13.7 Å². The number of methoxy groups -OCH3 is 1. The Balaban J connectivity index is 2.16. The molecular formula is C17H20O3. The molecule has 3 nitrogen and oxygen atoms in total. The topological polar surface area (TPSA) is 35.5 Å². The van der Waals surface area contributed by atoms with Gasteiger partial charge in [-0.3, -0.25) is 4.79 Å². The van der Waals surface area contributed by atoms with Crippen molar-refractivity contribution in [1.82, 2.24) is 0 Å². The maximum absolute atomic E-state index is 11.2. The molecule has 0 fully saturated rings. The minimum absolute atomic E-state index is 0.151. The standard InChI is InChI=1S/C17H20O3/c1-4-17(18)20-11-12(2)13-5-6-15-10-16(19-3)8-7-14(15)9-13/h5-10,12H,4,11H2,1-3H3. The highest BCUT2D eigenvalue weighted by atomic mass is 16.5. The van der Waals surface area contributed by atoms with Gasteiger partial charge in [-0.25, -0.2) is 0 Å². The Hall–Kier alpha value is -2.03. The number of ether oxygens (including phenoxy) is 2. The second-order valence-corrected chi connectivity index (χ2v) is 4.91. The SMILES string of the molecule is CCC(=O)OCC(C)c1ccc2cc(OC)ccc2c1. The van der Waals surface area contributed by atoms with E-state index < -0.39 is 0 Å². The van der Waals surface area contributed by atoms with E-state index in [1.165, 1.54) is 5.56 Å². The summed E-state index contributed by atoms with van der Waals surface area (Å²) in [5, 5.41) is 2.31. The second kappa shape index (κ2) is 6.42. The first kappa shape index (κ1) is 14.4. The molecule has 1 atom stereocenters. The fraction of sp³-hybridized carbons (Fsp3) is 0.353. The lowest BCUT2D eigenvalue weighted by atomic mass is 9.98. The van der Waals surface area contributed by atoms with Gasteiger partial charge in [0.2, 0.25) is 0 Å². The van der Waals surface area contributed by atoms with Gasteiger partial charge in [-0.05, 0) is 28.5 Å². The number of carbonyl (C=O) groups excluding carboxylic acids is 1. The third-order valence-electron chi connectivity index (χ3n) is 3.42. The summed E-state index contributed by atoms with van der Waals surface area (Å²) < 4.78 is 10.4. The van der Waals surface area contributed by atoms with Crippen LogP contribution >= 0.6 is 0 Å². The Kier molecular flexibility index (Phi) is 4.61. The van der Waals surface area contributed by atoms with Crippen LogP contribution in [0.4, 0.5) is 0 Å². The number of esters is 1. The summed E-state index contributed by atoms with van der Waals surface area (Å²) in [6, 6.07) is 12.3. The highest BCUT2D eigenvalue weighted by Crippen LogP contribution is 2.25. The van der Waals surface area contributed by atoms with E-state index in [0.717, 1.165) is 16.5 Å². The molecule has 0 heterocycles. The molecule has 0 aromatic heterocycles. The Morgan fingerprint density at radius 1 is 1.15 bits per heavy atom. The third-order valence-corrected chi connectivity index (χ3v) is 3.42. The number of fused-ring (bicyclic) bond motifs is 1. The van der Waals surface area contributed by atoms with Gasteiger partial charge in [-0.1, -0.05) is 38.1 Å². The van der Waals surface area contributed by atoms with Crippen molar-refractivity contribution in [1.29, 1.82) is 0 Å². The summed E-state index contributed by atoms with van der Waals surface area (Å²) in [6.07, 6.45) is 0.421. The van der Waals surface area contributed by atoms with Crippen molar-refractivity contribution in [2.24, 2.45) is 0 Å². The number of hydrogen-bond donors (Lipinski definition) is 0. The monoisotopic (exact) mass is 272 g/mol. The fourth-order valence-corrected chi connectivity index (χ4v) is 2.09. The zero-order valence-corrected chi connectivity index (χ0v) is 12.2. The average molecular weight is 272 g/mol. The van der Waals surface area contributed by atoms with E-state index in [-0.39, 0.29) is 11.9 Å². The molecule has 20 heavy (non-hydrogen) atoms. The molecule has 0 aliphatic carbocycles. The van der Waals surface area contributed by atoms with E-state index in [4.69, 9.17) is 9.47 Å². The maximum Gasteiger partial charge on any atom is 0.305 e. The lowest BCUT2D eigenvalue weighted by Crippen LogP contribution is -2.09. The molecule has 0 saturated carbocycles. The Labute approximate surface area is 119 Å². The van der Waals surface area contributed by atoms with Crippen molar-refractivity contribution in [2.45, 2.75) is 26.2 Å². The van der Waals surface area contributed by atoms with E-state index in [1.54, 1.807) is 14.0 Å². The first-order valence-corrected chi connectivity index (χ1v) is 6.87. The van der Waals surface area contributed by atoms with Gasteiger partial charge in [0.15, 0.2) is 0 Å². The largest absolute Gasteiger partial charge is 0.497 e. The second-order valence-electron chi connectivity index (χ2n) is 4.91. The summed E-state index contributed by atoms with van der Waals surface area (Å²) in [5.41, 5.74) is 1.17. The van der Waals surface area contributed by atoms with E-state index in [1.807, 2.05) is 18.2 Å². The van der Waals surface area contributed by atoms with E-state index >= 15 is 0 Å². The molecule has 106 valence electrons. The highest BCUT2D eigenvalue weighted by molar-refractivity contribution is 5.84. The van der Waals surface area contributed by atoms with Crippen LogP contribution in [0.2, 0.25) is 0 Å². The smallest absolute Gasteiger partial charge is 0.305 e. The van der Waals surface area contributed by atoms with Crippen molar-refractivity contribution >= 4 is 16.7 Å². The summed E-state index contributed by atoms with van der Waals surface area (Å²) in [7, 11) is 1.67. The van der Waals surface area contributed by atoms with Gasteiger partial charge in [-0.15, -0.1) is 0 Å². The summed E-state index contributed by atoms with van der Waals surface area (Å²) in [6.45, 7) is 4.29. The number of benzene rings is 2. The van der Waals surface area contributed by atoms with E-state index in [9.17, 15) is 4.79 Å². The highest BCUT2D eigenvalue weighted by Gasteiger charge is 2.09. The number of rotatable bonds is 5. The van der Waals surface area contributed by atoms with Crippen LogP contribution < -0.4 is 4.74 Å². The molecular weight excluding hydrogens is 252 g/mol. The molecule has 0 aliphatic heterocycles. The Morgan fingerprint density at radius 3 is 2.55 bits per heavy atom. The van der Waals surface area contributed by atoms with Gasteiger partial charge < -0.3 is 9.47 Å². The van der Waals surface area contributed by atoms with Gasteiger partial charge in [0.25, 0.3) is 0 Å². The molecule has 2 aromatic rings. The molecule has 2 aromatic carbocycles. The molecule has 1 unspecified atom stereocenters. The van der Waals surface area contributed by atoms with Crippen molar-refractivity contribution in [3.63, 3.8) is 0 Å². The molecule has 0 radical (unpaired) electrons. The van der Waals surface area contributed by atoms with Crippen LogP contribution in [0.25, 0.3) is 10.8 Å². The molecule has 0 spiro atoms. The minimum Gasteiger partial charge on any atom is -0.497 e. The van der Waals surface area contributed by atoms with Gasteiger partial charge in [-0.2, -0.15) is 0 Å². The fourth-order valence-electron chi connectivity index (χ4n) is 2.09. The summed E-state index contributed by atoms with van der Waals surface area (Å²) in [5.74, 6) is 0.898. The van der Waals surface area contributed by atoms with Crippen LogP contribution in [0.1, 0.15) is 31.7 Å². The molecule has 0 saturated heterocycles. The number of carbonyl (C=O) groups is 1. The van der Waals surface area contributed by atoms with Gasteiger partial charge >= 0.3 is 5.97 Å². The first-order valence-electron chi connectivity index (χ1n) is 6.87. The first-order chi connectivity index (χ1) is 9.63. The zero-order valence-electron chi connectivity index (χ0n) is 12.2. The molecule has 0 N–H and O–H groups in total. The molecule has 2 rings (SSSR count). The van der Waals surface area contributed by atoms with Crippen LogP contribution in [-0.2, 0) is 9.53 Å².